The first-order valence-corrected chi connectivity index (χ1v) is 12.3. The quantitative estimate of drug-likeness (QED) is 0.246. The summed E-state index contributed by atoms with van der Waals surface area (Å²) >= 11 is 0. The van der Waals surface area contributed by atoms with Gasteiger partial charge >= 0.3 is 6.09 Å². The van der Waals surface area contributed by atoms with Gasteiger partial charge in [-0.3, -0.25) is 19.6 Å². The van der Waals surface area contributed by atoms with Crippen molar-refractivity contribution in [3.05, 3.63) is 119 Å². The minimum atomic E-state index is -1.19. The van der Waals surface area contributed by atoms with Gasteiger partial charge in [-0.2, -0.15) is 0 Å². The predicted molar refractivity (Wildman–Crippen MR) is 152 cm³/mol. The Kier molecular flexibility index (Phi) is 7.14. The molecule has 0 spiro atoms. The van der Waals surface area contributed by atoms with Crippen molar-refractivity contribution in [2.45, 2.75) is 6.92 Å². The topological polar surface area (TPSA) is 127 Å². The van der Waals surface area contributed by atoms with Crippen LogP contribution in [0.4, 0.5) is 16.3 Å². The van der Waals surface area contributed by atoms with Crippen LogP contribution in [0.2, 0.25) is 0 Å². The van der Waals surface area contributed by atoms with Crippen molar-refractivity contribution in [3.8, 4) is 28.3 Å². The lowest BCUT2D eigenvalue weighted by molar-refractivity contribution is 0.102. The molecule has 40 heavy (non-hydrogen) atoms. The standard InChI is InChI=1S/C30H25N5O5/c1-19-26(29(37)35(34(19)2)22-7-4-3-5-8-22)28(36)32-21-12-16-24(17-13-21)40-23-14-10-20(11-15-23)25-9-6-18-31-27(25)33-30(38)39/h3-18H,1-2H3,(H,31,33)(H,32,36)(H,38,39). The molecule has 10 heteroatoms. The van der Waals surface area contributed by atoms with E-state index in [4.69, 9.17) is 9.84 Å². The van der Waals surface area contributed by atoms with Crippen molar-refractivity contribution < 1.29 is 19.4 Å². The Morgan fingerprint density at radius 3 is 2.15 bits per heavy atom. The largest absolute Gasteiger partial charge is 0.465 e. The zero-order chi connectivity index (χ0) is 28.2. The van der Waals surface area contributed by atoms with E-state index in [9.17, 15) is 14.4 Å². The molecule has 0 saturated heterocycles. The SMILES string of the molecule is Cc1c(C(=O)Nc2ccc(Oc3ccc(-c4cccnc4NC(=O)O)cc3)cc2)c(=O)n(-c2ccccc2)n1C. The summed E-state index contributed by atoms with van der Waals surface area (Å²) in [5, 5.41) is 14.1. The van der Waals surface area contributed by atoms with Gasteiger partial charge in [-0.15, -0.1) is 0 Å². The Balaban J connectivity index is 1.28. The van der Waals surface area contributed by atoms with Crippen LogP contribution in [0.3, 0.4) is 0 Å². The summed E-state index contributed by atoms with van der Waals surface area (Å²) < 4.78 is 9.04. The lowest BCUT2D eigenvalue weighted by Gasteiger charge is -2.10. The van der Waals surface area contributed by atoms with Crippen LogP contribution in [0.5, 0.6) is 11.5 Å². The molecule has 0 bridgehead atoms. The number of carbonyl (C=O) groups is 2. The summed E-state index contributed by atoms with van der Waals surface area (Å²) in [6, 6.07) is 26.6. The molecule has 5 aromatic rings. The van der Waals surface area contributed by atoms with Gasteiger partial charge in [0.1, 0.15) is 22.9 Å². The van der Waals surface area contributed by atoms with Gasteiger partial charge in [-0.25, -0.2) is 14.5 Å². The lowest BCUT2D eigenvalue weighted by Crippen LogP contribution is -2.25. The van der Waals surface area contributed by atoms with Gasteiger partial charge in [-0.05, 0) is 73.2 Å². The molecule has 0 aliphatic heterocycles. The molecule has 3 aromatic carbocycles. The number of benzene rings is 3. The monoisotopic (exact) mass is 535 g/mol. The van der Waals surface area contributed by atoms with Crippen LogP contribution in [0.15, 0.2) is 102 Å². The molecule has 0 fully saturated rings. The second-order valence-corrected chi connectivity index (χ2v) is 8.87. The number of para-hydroxylation sites is 1. The fourth-order valence-corrected chi connectivity index (χ4v) is 4.31. The summed E-state index contributed by atoms with van der Waals surface area (Å²) in [4.78, 5) is 41.3. The summed E-state index contributed by atoms with van der Waals surface area (Å²) in [6.45, 7) is 1.73. The van der Waals surface area contributed by atoms with E-state index in [-0.39, 0.29) is 11.4 Å². The Labute approximate surface area is 229 Å². The number of carbonyl (C=O) groups excluding carboxylic acids is 1. The number of nitrogens with zero attached hydrogens (tertiary/aromatic N) is 3. The number of carboxylic acid groups (broad SMARTS) is 1. The number of ether oxygens (including phenoxy) is 1. The molecular formula is C30H25N5O5. The van der Waals surface area contributed by atoms with E-state index in [0.717, 1.165) is 5.56 Å². The average molecular weight is 536 g/mol. The molecule has 10 nitrogen and oxygen atoms in total. The summed E-state index contributed by atoms with van der Waals surface area (Å²) in [7, 11) is 1.74. The van der Waals surface area contributed by atoms with Crippen LogP contribution in [0.1, 0.15) is 16.1 Å². The van der Waals surface area contributed by atoms with E-state index >= 15 is 0 Å². The third-order valence-corrected chi connectivity index (χ3v) is 6.33. The third kappa shape index (κ3) is 5.32. The van der Waals surface area contributed by atoms with E-state index in [1.54, 1.807) is 79.3 Å². The highest BCUT2D eigenvalue weighted by atomic mass is 16.5. The molecule has 5 rings (SSSR count). The molecule has 2 amide bonds. The molecule has 0 aliphatic carbocycles. The van der Waals surface area contributed by atoms with Gasteiger partial charge in [0.05, 0.1) is 11.4 Å². The first-order chi connectivity index (χ1) is 19.3. The van der Waals surface area contributed by atoms with Crippen LogP contribution in [-0.4, -0.2) is 31.5 Å². The zero-order valence-electron chi connectivity index (χ0n) is 21.7. The van der Waals surface area contributed by atoms with Crippen molar-refractivity contribution in [2.75, 3.05) is 10.6 Å². The number of pyridine rings is 1. The molecule has 0 radical (unpaired) electrons. The Morgan fingerprint density at radius 2 is 1.50 bits per heavy atom. The second-order valence-electron chi connectivity index (χ2n) is 8.87. The number of amides is 2. The molecule has 2 aromatic heterocycles. The molecule has 0 saturated carbocycles. The molecule has 200 valence electrons. The van der Waals surface area contributed by atoms with Crippen LogP contribution >= 0.6 is 0 Å². The summed E-state index contributed by atoms with van der Waals surface area (Å²) in [5.74, 6) is 0.858. The van der Waals surface area contributed by atoms with Crippen molar-refractivity contribution >= 4 is 23.5 Å². The number of rotatable bonds is 7. The number of hydrogen-bond acceptors (Lipinski definition) is 5. The minimum Gasteiger partial charge on any atom is -0.465 e. The van der Waals surface area contributed by atoms with E-state index < -0.39 is 17.6 Å². The summed E-state index contributed by atoms with van der Waals surface area (Å²) in [5.41, 5.74) is 2.81. The zero-order valence-corrected chi connectivity index (χ0v) is 21.7. The molecule has 0 unspecified atom stereocenters. The van der Waals surface area contributed by atoms with E-state index in [2.05, 4.69) is 15.6 Å². The van der Waals surface area contributed by atoms with Crippen LogP contribution < -0.4 is 20.9 Å². The van der Waals surface area contributed by atoms with Crippen LogP contribution in [0, 0.1) is 6.92 Å². The van der Waals surface area contributed by atoms with Gasteiger partial charge < -0.3 is 15.2 Å². The predicted octanol–water partition coefficient (Wildman–Crippen LogP) is 5.68. The fourth-order valence-electron chi connectivity index (χ4n) is 4.31. The van der Waals surface area contributed by atoms with Gasteiger partial charge in [0.15, 0.2) is 0 Å². The Bertz CT molecular complexity index is 1740. The number of nitrogens with one attached hydrogen (secondary N) is 2. The minimum absolute atomic E-state index is 0.0714. The van der Waals surface area contributed by atoms with Crippen molar-refractivity contribution in [3.63, 3.8) is 0 Å². The Hall–Kier alpha value is -5.64. The number of anilines is 2. The maximum absolute atomic E-state index is 13.1. The molecule has 3 N–H and O–H groups in total. The molecule has 0 atom stereocenters. The Morgan fingerprint density at radius 1 is 0.850 bits per heavy atom. The van der Waals surface area contributed by atoms with E-state index in [0.29, 0.717) is 34.1 Å². The molecule has 2 heterocycles. The average Bonchev–Trinajstić information content (AvgIpc) is 3.18. The maximum Gasteiger partial charge on any atom is 0.410 e. The first kappa shape index (κ1) is 26.0. The molecule has 0 aliphatic rings. The van der Waals surface area contributed by atoms with Gasteiger partial charge in [-0.1, -0.05) is 30.3 Å². The highest BCUT2D eigenvalue weighted by molar-refractivity contribution is 6.05. The van der Waals surface area contributed by atoms with Crippen molar-refractivity contribution in [1.82, 2.24) is 14.3 Å². The van der Waals surface area contributed by atoms with Crippen molar-refractivity contribution in [2.24, 2.45) is 7.05 Å². The highest BCUT2D eigenvalue weighted by Gasteiger charge is 2.22. The van der Waals surface area contributed by atoms with Gasteiger partial charge in [0.2, 0.25) is 0 Å². The maximum atomic E-state index is 13.1. The normalized spacial score (nSPS) is 10.7. The van der Waals surface area contributed by atoms with Crippen LogP contribution in [0.25, 0.3) is 16.8 Å². The van der Waals surface area contributed by atoms with E-state index in [1.807, 2.05) is 30.3 Å². The second kappa shape index (κ2) is 11.0. The van der Waals surface area contributed by atoms with Gasteiger partial charge in [0, 0.05) is 24.5 Å². The number of aromatic nitrogens is 3. The molecular weight excluding hydrogens is 510 g/mol. The first-order valence-electron chi connectivity index (χ1n) is 12.3. The van der Waals surface area contributed by atoms with Gasteiger partial charge in [0.25, 0.3) is 11.5 Å². The number of hydrogen-bond donors (Lipinski definition) is 3. The van der Waals surface area contributed by atoms with Crippen LogP contribution in [-0.2, 0) is 7.05 Å². The van der Waals surface area contributed by atoms with Crippen molar-refractivity contribution in [1.29, 1.82) is 0 Å². The lowest BCUT2D eigenvalue weighted by atomic mass is 10.1. The highest BCUT2D eigenvalue weighted by Crippen LogP contribution is 2.30. The summed E-state index contributed by atoms with van der Waals surface area (Å²) in [6.07, 6.45) is 0.322. The third-order valence-electron chi connectivity index (χ3n) is 6.33. The fraction of sp³-hybridized carbons (Fsp3) is 0.0667. The smallest absolute Gasteiger partial charge is 0.410 e. The van der Waals surface area contributed by atoms with E-state index in [1.165, 1.54) is 10.9 Å².